The number of halogens is 1. The number of hydrogen-bond acceptors (Lipinski definition) is 3. The van der Waals surface area contributed by atoms with E-state index in [-0.39, 0.29) is 0 Å². The normalized spacial score (nSPS) is 17.2. The first-order valence-electron chi connectivity index (χ1n) is 5.95. The second-order valence-electron chi connectivity index (χ2n) is 4.41. The molecule has 2 N–H and O–H groups in total. The number of anilines is 1. The average Bonchev–Trinajstić information content (AvgIpc) is 2.33. The Kier molecular flexibility index (Phi) is 4.83. The van der Waals surface area contributed by atoms with E-state index in [1.54, 1.807) is 0 Å². The van der Waals surface area contributed by atoms with Crippen molar-refractivity contribution >= 4 is 21.6 Å². The Bertz CT molecular complexity index is 364. The first-order chi connectivity index (χ1) is 8.25. The summed E-state index contributed by atoms with van der Waals surface area (Å²) in [7, 11) is 0. The van der Waals surface area contributed by atoms with Crippen molar-refractivity contribution in [2.75, 3.05) is 25.6 Å². The van der Waals surface area contributed by atoms with Gasteiger partial charge in [-0.3, -0.25) is 0 Å². The molecule has 1 saturated heterocycles. The molecule has 2 rings (SSSR count). The van der Waals surface area contributed by atoms with E-state index in [4.69, 9.17) is 15.2 Å². The lowest BCUT2D eigenvalue weighted by Crippen LogP contribution is -2.20. The molecule has 0 atom stereocenters. The Morgan fingerprint density at radius 1 is 1.35 bits per heavy atom. The van der Waals surface area contributed by atoms with Crippen LogP contribution in [0.4, 0.5) is 5.69 Å². The summed E-state index contributed by atoms with van der Waals surface area (Å²) in [6.07, 6.45) is 2.21. The molecular formula is C13H18BrNO2. The molecule has 17 heavy (non-hydrogen) atoms. The van der Waals surface area contributed by atoms with Crippen molar-refractivity contribution in [1.82, 2.24) is 0 Å². The third kappa shape index (κ3) is 3.98. The minimum Gasteiger partial charge on any atom is -0.398 e. The largest absolute Gasteiger partial charge is 0.398 e. The van der Waals surface area contributed by atoms with Gasteiger partial charge in [0.15, 0.2) is 0 Å². The topological polar surface area (TPSA) is 44.5 Å². The molecule has 4 heteroatoms. The molecule has 1 aliphatic heterocycles. The smallest absolute Gasteiger partial charge is 0.0737 e. The van der Waals surface area contributed by atoms with E-state index in [9.17, 15) is 0 Å². The highest BCUT2D eigenvalue weighted by molar-refractivity contribution is 9.10. The fourth-order valence-corrected chi connectivity index (χ4v) is 2.32. The van der Waals surface area contributed by atoms with Crippen molar-refractivity contribution in [1.29, 1.82) is 0 Å². The van der Waals surface area contributed by atoms with E-state index < -0.39 is 0 Å². The molecule has 0 unspecified atom stereocenters. The fraction of sp³-hybridized carbons (Fsp3) is 0.538. The number of benzene rings is 1. The zero-order valence-corrected chi connectivity index (χ0v) is 11.4. The van der Waals surface area contributed by atoms with Crippen molar-refractivity contribution in [3.8, 4) is 0 Å². The summed E-state index contributed by atoms with van der Waals surface area (Å²) in [5.41, 5.74) is 7.75. The van der Waals surface area contributed by atoms with Gasteiger partial charge in [0.1, 0.15) is 0 Å². The second-order valence-corrected chi connectivity index (χ2v) is 5.33. The highest BCUT2D eigenvalue weighted by atomic mass is 79.9. The summed E-state index contributed by atoms with van der Waals surface area (Å²) in [6, 6.07) is 5.90. The molecule has 0 aliphatic carbocycles. The van der Waals surface area contributed by atoms with Crippen molar-refractivity contribution in [3.05, 3.63) is 28.2 Å². The Balaban J connectivity index is 1.77. The van der Waals surface area contributed by atoms with Crippen LogP contribution in [0.2, 0.25) is 0 Å². The van der Waals surface area contributed by atoms with Crippen molar-refractivity contribution in [2.24, 2.45) is 5.92 Å². The standard InChI is InChI=1S/C13H18BrNO2/c14-12-2-1-11(13(15)7-12)9-17-8-10-3-5-16-6-4-10/h1-2,7,10H,3-6,8-9,15H2. The summed E-state index contributed by atoms with van der Waals surface area (Å²) in [4.78, 5) is 0. The number of hydrogen-bond donors (Lipinski definition) is 1. The van der Waals surface area contributed by atoms with Gasteiger partial charge in [-0.1, -0.05) is 22.0 Å². The zero-order chi connectivity index (χ0) is 12.1. The van der Waals surface area contributed by atoms with E-state index in [0.717, 1.165) is 48.4 Å². The highest BCUT2D eigenvalue weighted by Gasteiger charge is 2.13. The quantitative estimate of drug-likeness (QED) is 0.869. The zero-order valence-electron chi connectivity index (χ0n) is 9.82. The number of ether oxygens (including phenoxy) is 2. The predicted molar refractivity (Wildman–Crippen MR) is 71.8 cm³/mol. The van der Waals surface area contributed by atoms with E-state index in [1.807, 2.05) is 18.2 Å². The molecule has 0 bridgehead atoms. The van der Waals surface area contributed by atoms with Gasteiger partial charge in [-0.25, -0.2) is 0 Å². The van der Waals surface area contributed by atoms with Crippen LogP contribution in [0.15, 0.2) is 22.7 Å². The molecular weight excluding hydrogens is 282 g/mol. The molecule has 0 amide bonds. The maximum atomic E-state index is 5.91. The lowest BCUT2D eigenvalue weighted by atomic mass is 10.0. The number of rotatable bonds is 4. The fourth-order valence-electron chi connectivity index (χ4n) is 1.95. The summed E-state index contributed by atoms with van der Waals surface area (Å²) < 4.78 is 12.0. The SMILES string of the molecule is Nc1cc(Br)ccc1COCC1CCOCC1. The molecule has 1 fully saturated rings. The maximum absolute atomic E-state index is 5.91. The number of nitrogen functional groups attached to an aromatic ring is 1. The van der Waals surface area contributed by atoms with Gasteiger partial charge in [-0.15, -0.1) is 0 Å². The molecule has 1 aliphatic rings. The Morgan fingerprint density at radius 3 is 2.82 bits per heavy atom. The van der Waals surface area contributed by atoms with Gasteiger partial charge in [-0.05, 0) is 30.9 Å². The predicted octanol–water partition coefficient (Wildman–Crippen LogP) is 2.97. The lowest BCUT2D eigenvalue weighted by molar-refractivity contribution is 0.0158. The van der Waals surface area contributed by atoms with Crippen LogP contribution in [0.25, 0.3) is 0 Å². The summed E-state index contributed by atoms with van der Waals surface area (Å²) in [5, 5.41) is 0. The Labute approximate surface area is 110 Å². The molecule has 0 spiro atoms. The third-order valence-corrected chi connectivity index (χ3v) is 3.55. The Hall–Kier alpha value is -0.580. The van der Waals surface area contributed by atoms with E-state index in [2.05, 4.69) is 15.9 Å². The van der Waals surface area contributed by atoms with E-state index >= 15 is 0 Å². The summed E-state index contributed by atoms with van der Waals surface area (Å²) in [5.74, 6) is 0.639. The lowest BCUT2D eigenvalue weighted by Gasteiger charge is -2.21. The second kappa shape index (κ2) is 6.38. The van der Waals surface area contributed by atoms with Crippen LogP contribution < -0.4 is 5.73 Å². The van der Waals surface area contributed by atoms with Crippen LogP contribution in [0, 0.1) is 5.92 Å². The highest BCUT2D eigenvalue weighted by Crippen LogP contribution is 2.20. The minimum absolute atomic E-state index is 0.594. The van der Waals surface area contributed by atoms with Gasteiger partial charge in [0, 0.05) is 28.9 Å². The molecule has 0 saturated carbocycles. The summed E-state index contributed by atoms with van der Waals surface area (Å²) >= 11 is 3.39. The third-order valence-electron chi connectivity index (χ3n) is 3.06. The van der Waals surface area contributed by atoms with Crippen molar-refractivity contribution < 1.29 is 9.47 Å². The van der Waals surface area contributed by atoms with Crippen LogP contribution in [0.3, 0.4) is 0 Å². The molecule has 1 heterocycles. The monoisotopic (exact) mass is 299 g/mol. The first-order valence-corrected chi connectivity index (χ1v) is 6.74. The molecule has 0 radical (unpaired) electrons. The van der Waals surface area contributed by atoms with Crippen molar-refractivity contribution in [3.63, 3.8) is 0 Å². The minimum atomic E-state index is 0.594. The van der Waals surface area contributed by atoms with Crippen LogP contribution in [0.5, 0.6) is 0 Å². The summed E-state index contributed by atoms with van der Waals surface area (Å²) in [6.45, 7) is 3.14. The van der Waals surface area contributed by atoms with Crippen LogP contribution >= 0.6 is 15.9 Å². The van der Waals surface area contributed by atoms with Gasteiger partial charge in [0.2, 0.25) is 0 Å². The van der Waals surface area contributed by atoms with E-state index in [1.165, 1.54) is 0 Å². The Morgan fingerprint density at radius 2 is 2.12 bits per heavy atom. The number of nitrogens with two attached hydrogens (primary N) is 1. The molecule has 3 nitrogen and oxygen atoms in total. The van der Waals surface area contributed by atoms with Gasteiger partial charge in [-0.2, -0.15) is 0 Å². The maximum Gasteiger partial charge on any atom is 0.0737 e. The first kappa shape index (κ1) is 12.9. The van der Waals surface area contributed by atoms with Gasteiger partial charge >= 0.3 is 0 Å². The molecule has 1 aromatic carbocycles. The van der Waals surface area contributed by atoms with Crippen molar-refractivity contribution in [2.45, 2.75) is 19.4 Å². The van der Waals surface area contributed by atoms with Crippen LogP contribution in [0.1, 0.15) is 18.4 Å². The molecule has 94 valence electrons. The molecule has 1 aromatic rings. The average molecular weight is 300 g/mol. The molecule has 0 aromatic heterocycles. The van der Waals surface area contributed by atoms with Gasteiger partial charge in [0.05, 0.1) is 13.2 Å². The van der Waals surface area contributed by atoms with E-state index in [0.29, 0.717) is 12.5 Å². The van der Waals surface area contributed by atoms with Crippen LogP contribution in [-0.2, 0) is 16.1 Å². The van der Waals surface area contributed by atoms with Gasteiger partial charge < -0.3 is 15.2 Å². The van der Waals surface area contributed by atoms with Crippen LogP contribution in [-0.4, -0.2) is 19.8 Å². The van der Waals surface area contributed by atoms with Gasteiger partial charge in [0.25, 0.3) is 0 Å².